The zero-order valence-electron chi connectivity index (χ0n) is 7.71. The van der Waals surface area contributed by atoms with E-state index < -0.39 is 6.10 Å². The molecule has 1 unspecified atom stereocenters. The summed E-state index contributed by atoms with van der Waals surface area (Å²) in [5, 5.41) is 9.99. The lowest BCUT2D eigenvalue weighted by molar-refractivity contribution is 0.222. The normalized spacial score (nSPS) is 12.7. The summed E-state index contributed by atoms with van der Waals surface area (Å²) in [5.74, 6) is 0. The van der Waals surface area contributed by atoms with Crippen LogP contribution < -0.4 is 0 Å². The molecule has 3 nitrogen and oxygen atoms in total. The van der Waals surface area contributed by atoms with Gasteiger partial charge >= 0.3 is 0 Å². The molecule has 0 fully saturated rings. The molecule has 1 N–H and O–H groups in total. The standard InChI is InChI=1S/C10H10N2OS/c1-7-10(14-6-12-7)9(13)8-3-2-4-11-5-8/h2-6,9,13H,1H3. The Bertz CT molecular complexity index is 413. The lowest BCUT2D eigenvalue weighted by Crippen LogP contribution is -1.99. The van der Waals surface area contributed by atoms with Crippen LogP contribution in [0.15, 0.2) is 30.0 Å². The number of nitrogens with zero attached hydrogens (tertiary/aromatic N) is 2. The van der Waals surface area contributed by atoms with Crippen molar-refractivity contribution in [2.75, 3.05) is 0 Å². The van der Waals surface area contributed by atoms with Crippen molar-refractivity contribution in [3.05, 3.63) is 46.2 Å². The van der Waals surface area contributed by atoms with Gasteiger partial charge in [-0.05, 0) is 13.0 Å². The maximum Gasteiger partial charge on any atom is 0.117 e. The molecule has 2 aromatic heterocycles. The van der Waals surface area contributed by atoms with Gasteiger partial charge in [-0.15, -0.1) is 11.3 Å². The number of aliphatic hydroxyl groups is 1. The van der Waals surface area contributed by atoms with E-state index in [1.54, 1.807) is 17.9 Å². The summed E-state index contributed by atoms with van der Waals surface area (Å²) in [6.07, 6.45) is 2.76. The minimum atomic E-state index is -0.601. The molecule has 2 rings (SSSR count). The van der Waals surface area contributed by atoms with Gasteiger partial charge in [0.15, 0.2) is 0 Å². The third-order valence-corrected chi connectivity index (χ3v) is 3.01. The van der Waals surface area contributed by atoms with E-state index in [9.17, 15) is 5.11 Å². The minimum Gasteiger partial charge on any atom is -0.383 e. The van der Waals surface area contributed by atoms with Crippen LogP contribution in [-0.4, -0.2) is 15.1 Å². The Hall–Kier alpha value is -1.26. The summed E-state index contributed by atoms with van der Waals surface area (Å²) in [6.45, 7) is 1.89. The molecule has 0 saturated heterocycles. The zero-order valence-corrected chi connectivity index (χ0v) is 8.53. The number of rotatable bonds is 2. The fourth-order valence-electron chi connectivity index (χ4n) is 1.26. The maximum absolute atomic E-state index is 9.99. The highest BCUT2D eigenvalue weighted by molar-refractivity contribution is 7.09. The van der Waals surface area contributed by atoms with Gasteiger partial charge in [0.2, 0.25) is 0 Å². The Morgan fingerprint density at radius 3 is 2.93 bits per heavy atom. The minimum absolute atomic E-state index is 0.601. The predicted molar refractivity (Wildman–Crippen MR) is 55.1 cm³/mol. The van der Waals surface area contributed by atoms with Gasteiger partial charge in [0.1, 0.15) is 6.10 Å². The molecule has 0 aliphatic heterocycles. The van der Waals surface area contributed by atoms with Crippen molar-refractivity contribution in [1.82, 2.24) is 9.97 Å². The molecule has 0 aromatic carbocycles. The molecule has 2 heterocycles. The van der Waals surface area contributed by atoms with Crippen LogP contribution in [0.25, 0.3) is 0 Å². The summed E-state index contributed by atoms with van der Waals surface area (Å²) < 4.78 is 0. The van der Waals surface area contributed by atoms with E-state index >= 15 is 0 Å². The SMILES string of the molecule is Cc1ncsc1C(O)c1cccnc1. The van der Waals surface area contributed by atoms with Crippen LogP contribution in [0.3, 0.4) is 0 Å². The summed E-state index contributed by atoms with van der Waals surface area (Å²) in [6, 6.07) is 3.67. The number of aryl methyl sites for hydroxylation is 1. The number of aliphatic hydroxyl groups excluding tert-OH is 1. The van der Waals surface area contributed by atoms with Gasteiger partial charge < -0.3 is 5.11 Å². The van der Waals surface area contributed by atoms with Crippen molar-refractivity contribution < 1.29 is 5.11 Å². The fourth-order valence-corrected chi connectivity index (χ4v) is 2.08. The molecule has 4 heteroatoms. The molecule has 0 spiro atoms. The van der Waals surface area contributed by atoms with E-state index in [-0.39, 0.29) is 0 Å². The first kappa shape index (κ1) is 9.30. The van der Waals surface area contributed by atoms with Crippen molar-refractivity contribution in [1.29, 1.82) is 0 Å². The van der Waals surface area contributed by atoms with Crippen LogP contribution in [-0.2, 0) is 0 Å². The van der Waals surface area contributed by atoms with Crippen molar-refractivity contribution in [2.45, 2.75) is 13.0 Å². The van der Waals surface area contributed by atoms with Gasteiger partial charge in [0, 0.05) is 18.0 Å². The molecule has 2 aromatic rings. The van der Waals surface area contributed by atoms with E-state index in [0.29, 0.717) is 0 Å². The van der Waals surface area contributed by atoms with Gasteiger partial charge in [-0.25, -0.2) is 4.98 Å². The monoisotopic (exact) mass is 206 g/mol. The molecule has 0 aliphatic carbocycles. The smallest absolute Gasteiger partial charge is 0.117 e. The van der Waals surface area contributed by atoms with Crippen LogP contribution in [0, 0.1) is 6.92 Å². The second-order valence-electron chi connectivity index (χ2n) is 2.99. The van der Waals surface area contributed by atoms with Gasteiger partial charge in [-0.2, -0.15) is 0 Å². The molecule has 0 aliphatic rings. The van der Waals surface area contributed by atoms with Crippen molar-refractivity contribution >= 4 is 11.3 Å². The van der Waals surface area contributed by atoms with Crippen LogP contribution >= 0.6 is 11.3 Å². The predicted octanol–water partition coefficient (Wildman–Crippen LogP) is 1.93. The van der Waals surface area contributed by atoms with Crippen LogP contribution in [0.2, 0.25) is 0 Å². The number of hydrogen-bond donors (Lipinski definition) is 1. The van der Waals surface area contributed by atoms with Crippen molar-refractivity contribution in [2.24, 2.45) is 0 Å². The number of hydrogen-bond acceptors (Lipinski definition) is 4. The van der Waals surface area contributed by atoms with E-state index in [4.69, 9.17) is 0 Å². The Kier molecular flexibility index (Phi) is 2.56. The molecule has 0 saturated carbocycles. The van der Waals surface area contributed by atoms with Gasteiger partial charge in [0.05, 0.1) is 16.1 Å². The number of aromatic nitrogens is 2. The quantitative estimate of drug-likeness (QED) is 0.816. The summed E-state index contributed by atoms with van der Waals surface area (Å²) >= 11 is 1.46. The molecular weight excluding hydrogens is 196 g/mol. The van der Waals surface area contributed by atoms with Gasteiger partial charge in [0.25, 0.3) is 0 Å². The molecule has 1 atom stereocenters. The number of thiazole rings is 1. The summed E-state index contributed by atoms with van der Waals surface area (Å²) in [5.41, 5.74) is 3.43. The van der Waals surface area contributed by atoms with E-state index in [0.717, 1.165) is 16.1 Å². The summed E-state index contributed by atoms with van der Waals surface area (Å²) in [7, 11) is 0. The molecule has 0 amide bonds. The highest BCUT2D eigenvalue weighted by Crippen LogP contribution is 2.26. The highest BCUT2D eigenvalue weighted by atomic mass is 32.1. The largest absolute Gasteiger partial charge is 0.383 e. The Balaban J connectivity index is 2.34. The van der Waals surface area contributed by atoms with Gasteiger partial charge in [-0.3, -0.25) is 4.98 Å². The summed E-state index contributed by atoms with van der Waals surface area (Å²) in [4.78, 5) is 8.96. The van der Waals surface area contributed by atoms with E-state index in [1.807, 2.05) is 19.1 Å². The average molecular weight is 206 g/mol. The molecular formula is C10H10N2OS. The first-order chi connectivity index (χ1) is 6.79. The van der Waals surface area contributed by atoms with Crippen LogP contribution in [0.4, 0.5) is 0 Å². The van der Waals surface area contributed by atoms with E-state index in [2.05, 4.69) is 9.97 Å². The first-order valence-corrected chi connectivity index (χ1v) is 5.15. The Morgan fingerprint density at radius 1 is 1.50 bits per heavy atom. The lowest BCUT2D eigenvalue weighted by atomic mass is 10.1. The second kappa shape index (κ2) is 3.86. The Morgan fingerprint density at radius 2 is 2.36 bits per heavy atom. The Labute approximate surface area is 86.1 Å². The highest BCUT2D eigenvalue weighted by Gasteiger charge is 2.14. The molecule has 0 radical (unpaired) electrons. The topological polar surface area (TPSA) is 46.0 Å². The van der Waals surface area contributed by atoms with Crippen molar-refractivity contribution in [3.8, 4) is 0 Å². The fraction of sp³-hybridized carbons (Fsp3) is 0.200. The van der Waals surface area contributed by atoms with Gasteiger partial charge in [-0.1, -0.05) is 6.07 Å². The third kappa shape index (κ3) is 1.66. The van der Waals surface area contributed by atoms with Crippen LogP contribution in [0.1, 0.15) is 22.2 Å². The zero-order chi connectivity index (χ0) is 9.97. The number of pyridine rings is 1. The maximum atomic E-state index is 9.99. The first-order valence-electron chi connectivity index (χ1n) is 4.27. The third-order valence-electron chi connectivity index (χ3n) is 2.03. The molecule has 14 heavy (non-hydrogen) atoms. The van der Waals surface area contributed by atoms with Crippen molar-refractivity contribution in [3.63, 3.8) is 0 Å². The lowest BCUT2D eigenvalue weighted by Gasteiger charge is -2.08. The van der Waals surface area contributed by atoms with Crippen LogP contribution in [0.5, 0.6) is 0 Å². The molecule has 0 bridgehead atoms. The average Bonchev–Trinajstić information content (AvgIpc) is 2.65. The molecule has 72 valence electrons. The van der Waals surface area contributed by atoms with E-state index in [1.165, 1.54) is 11.3 Å². The second-order valence-corrected chi connectivity index (χ2v) is 3.88.